The number of rotatable bonds is 3. The molecule has 7 heteroatoms. The molecule has 1 aromatic heterocycles. The molecule has 3 rings (SSSR count). The van der Waals surface area contributed by atoms with Crippen LogP contribution >= 0.6 is 12.2 Å². The van der Waals surface area contributed by atoms with Crippen molar-refractivity contribution in [2.24, 2.45) is 0 Å². The van der Waals surface area contributed by atoms with Gasteiger partial charge >= 0.3 is 0 Å². The third kappa shape index (κ3) is 2.95. The summed E-state index contributed by atoms with van der Waals surface area (Å²) in [5.74, 6) is -0.190. The van der Waals surface area contributed by atoms with Crippen LogP contribution in [0.4, 0.5) is 0 Å². The SMILES string of the molecule is C[C@H](NC(=O)c1ccc2c(=O)[nH]c(=S)[nH]c2c1)[C@@H]1CCCO1. The first-order valence-electron chi connectivity index (χ1n) is 7.23. The van der Waals surface area contributed by atoms with Crippen molar-refractivity contribution in [3.8, 4) is 0 Å². The molecule has 2 atom stereocenters. The number of amides is 1. The van der Waals surface area contributed by atoms with E-state index in [1.165, 1.54) is 0 Å². The second-order valence-corrected chi connectivity index (χ2v) is 5.89. The van der Waals surface area contributed by atoms with Gasteiger partial charge in [-0.2, -0.15) is 0 Å². The molecule has 0 radical (unpaired) electrons. The summed E-state index contributed by atoms with van der Waals surface area (Å²) >= 11 is 4.95. The minimum Gasteiger partial charge on any atom is -0.376 e. The van der Waals surface area contributed by atoms with E-state index in [1.54, 1.807) is 18.2 Å². The Morgan fingerprint density at radius 2 is 2.27 bits per heavy atom. The number of carbonyl (C=O) groups excluding carboxylic acids is 1. The van der Waals surface area contributed by atoms with Gasteiger partial charge in [-0.15, -0.1) is 0 Å². The maximum absolute atomic E-state index is 12.3. The molecular formula is C15H17N3O3S. The Balaban J connectivity index is 1.84. The highest BCUT2D eigenvalue weighted by Crippen LogP contribution is 2.16. The lowest BCUT2D eigenvalue weighted by atomic mass is 10.1. The van der Waals surface area contributed by atoms with E-state index in [4.69, 9.17) is 17.0 Å². The number of hydrogen-bond donors (Lipinski definition) is 3. The van der Waals surface area contributed by atoms with Crippen LogP contribution in [0, 0.1) is 4.77 Å². The van der Waals surface area contributed by atoms with Crippen molar-refractivity contribution in [2.45, 2.75) is 31.9 Å². The van der Waals surface area contributed by atoms with Crippen molar-refractivity contribution in [2.75, 3.05) is 6.61 Å². The summed E-state index contributed by atoms with van der Waals surface area (Å²) in [5.41, 5.74) is 0.762. The summed E-state index contributed by atoms with van der Waals surface area (Å²) in [7, 11) is 0. The Morgan fingerprint density at radius 1 is 1.45 bits per heavy atom. The van der Waals surface area contributed by atoms with E-state index in [2.05, 4.69) is 15.3 Å². The lowest BCUT2D eigenvalue weighted by molar-refractivity contribution is 0.0712. The standard InChI is InChI=1S/C15H17N3O3S/c1-8(12-3-2-6-21-12)16-13(19)9-4-5-10-11(7-9)17-15(22)18-14(10)20/h4-5,7-8,12H,2-3,6H2,1H3,(H,16,19)(H2,17,18,20,22)/t8-,12-/m0/s1. The van der Waals surface area contributed by atoms with Crippen LogP contribution < -0.4 is 10.9 Å². The van der Waals surface area contributed by atoms with Gasteiger partial charge in [0.05, 0.1) is 23.0 Å². The van der Waals surface area contributed by atoms with Crippen LogP contribution in [0.3, 0.4) is 0 Å². The van der Waals surface area contributed by atoms with Crippen molar-refractivity contribution >= 4 is 29.0 Å². The van der Waals surface area contributed by atoms with Crippen molar-refractivity contribution in [3.05, 3.63) is 38.9 Å². The van der Waals surface area contributed by atoms with Gasteiger partial charge in [-0.25, -0.2) is 0 Å². The molecule has 1 aromatic carbocycles. The second kappa shape index (κ2) is 6.02. The fraction of sp³-hybridized carbons (Fsp3) is 0.400. The number of aromatic nitrogens is 2. The molecule has 0 spiro atoms. The van der Waals surface area contributed by atoms with E-state index in [-0.39, 0.29) is 28.4 Å². The van der Waals surface area contributed by atoms with Gasteiger partial charge in [0.25, 0.3) is 11.5 Å². The van der Waals surface area contributed by atoms with Gasteiger partial charge in [-0.1, -0.05) is 0 Å². The zero-order chi connectivity index (χ0) is 15.7. The summed E-state index contributed by atoms with van der Waals surface area (Å²) in [6.45, 7) is 2.69. The molecule has 0 saturated carbocycles. The molecule has 3 N–H and O–H groups in total. The molecule has 1 aliphatic heterocycles. The van der Waals surface area contributed by atoms with Crippen LogP contribution in [0.2, 0.25) is 0 Å². The number of aromatic amines is 2. The molecule has 0 aliphatic carbocycles. The molecule has 22 heavy (non-hydrogen) atoms. The monoisotopic (exact) mass is 319 g/mol. The average molecular weight is 319 g/mol. The van der Waals surface area contributed by atoms with Crippen molar-refractivity contribution < 1.29 is 9.53 Å². The lowest BCUT2D eigenvalue weighted by Crippen LogP contribution is -2.40. The Kier molecular flexibility index (Phi) is 4.08. The number of ether oxygens (including phenoxy) is 1. The largest absolute Gasteiger partial charge is 0.376 e. The van der Waals surface area contributed by atoms with Crippen LogP contribution in [-0.4, -0.2) is 34.6 Å². The molecule has 6 nitrogen and oxygen atoms in total. The topological polar surface area (TPSA) is 87.0 Å². The molecule has 1 fully saturated rings. The Hall–Kier alpha value is -1.99. The van der Waals surface area contributed by atoms with Gasteiger partial charge in [0.1, 0.15) is 0 Å². The smallest absolute Gasteiger partial charge is 0.259 e. The van der Waals surface area contributed by atoms with Gasteiger partial charge in [-0.05, 0) is 50.2 Å². The molecule has 1 aliphatic rings. The van der Waals surface area contributed by atoms with Crippen LogP contribution in [0.15, 0.2) is 23.0 Å². The first-order valence-corrected chi connectivity index (χ1v) is 7.64. The zero-order valence-corrected chi connectivity index (χ0v) is 13.0. The quantitative estimate of drug-likeness (QED) is 0.754. The Labute approximate surface area is 131 Å². The van der Waals surface area contributed by atoms with Gasteiger partial charge < -0.3 is 15.0 Å². The van der Waals surface area contributed by atoms with Gasteiger partial charge in [0, 0.05) is 12.2 Å². The van der Waals surface area contributed by atoms with E-state index in [9.17, 15) is 9.59 Å². The average Bonchev–Trinajstić information content (AvgIpc) is 3.00. The predicted molar refractivity (Wildman–Crippen MR) is 85.7 cm³/mol. The van der Waals surface area contributed by atoms with Gasteiger partial charge in [0.2, 0.25) is 0 Å². The number of nitrogens with one attached hydrogen (secondary N) is 3. The summed E-state index contributed by atoms with van der Waals surface area (Å²) in [5, 5.41) is 3.41. The fourth-order valence-electron chi connectivity index (χ4n) is 2.69. The summed E-state index contributed by atoms with van der Waals surface area (Å²) < 4.78 is 5.81. The molecule has 1 amide bonds. The highest BCUT2D eigenvalue weighted by molar-refractivity contribution is 7.71. The molecular weight excluding hydrogens is 302 g/mol. The van der Waals surface area contributed by atoms with Gasteiger partial charge in [0.15, 0.2) is 4.77 Å². The summed E-state index contributed by atoms with van der Waals surface area (Å²) in [4.78, 5) is 29.5. The van der Waals surface area contributed by atoms with Gasteiger partial charge in [-0.3, -0.25) is 14.6 Å². The maximum Gasteiger partial charge on any atom is 0.259 e. The highest BCUT2D eigenvalue weighted by atomic mass is 32.1. The molecule has 2 heterocycles. The van der Waals surface area contributed by atoms with E-state index < -0.39 is 0 Å². The normalized spacial score (nSPS) is 19.2. The van der Waals surface area contributed by atoms with Crippen LogP contribution in [-0.2, 0) is 4.74 Å². The number of H-pyrrole nitrogens is 2. The number of hydrogen-bond acceptors (Lipinski definition) is 4. The third-order valence-corrected chi connectivity index (χ3v) is 4.09. The minimum atomic E-state index is -0.265. The molecule has 116 valence electrons. The molecule has 2 aromatic rings. The van der Waals surface area contributed by atoms with Crippen molar-refractivity contribution in [1.29, 1.82) is 0 Å². The lowest BCUT2D eigenvalue weighted by Gasteiger charge is -2.20. The summed E-state index contributed by atoms with van der Waals surface area (Å²) in [6, 6.07) is 4.83. The zero-order valence-electron chi connectivity index (χ0n) is 12.1. The number of carbonyl (C=O) groups is 1. The first-order chi connectivity index (χ1) is 10.5. The minimum absolute atomic E-state index is 0.0524. The fourth-order valence-corrected chi connectivity index (χ4v) is 2.89. The maximum atomic E-state index is 12.3. The van der Waals surface area contributed by atoms with Crippen molar-refractivity contribution in [1.82, 2.24) is 15.3 Å². The second-order valence-electron chi connectivity index (χ2n) is 5.48. The number of fused-ring (bicyclic) bond motifs is 1. The summed E-state index contributed by atoms with van der Waals surface area (Å²) in [6.07, 6.45) is 2.06. The third-order valence-electron chi connectivity index (χ3n) is 3.88. The predicted octanol–water partition coefficient (Wildman–Crippen LogP) is 1.88. The highest BCUT2D eigenvalue weighted by Gasteiger charge is 2.24. The number of benzene rings is 1. The Morgan fingerprint density at radius 3 is 3.00 bits per heavy atom. The van der Waals surface area contributed by atoms with Crippen LogP contribution in [0.25, 0.3) is 10.9 Å². The van der Waals surface area contributed by atoms with E-state index in [0.717, 1.165) is 19.4 Å². The van der Waals surface area contributed by atoms with E-state index in [0.29, 0.717) is 16.5 Å². The van der Waals surface area contributed by atoms with E-state index >= 15 is 0 Å². The molecule has 0 bridgehead atoms. The van der Waals surface area contributed by atoms with Crippen molar-refractivity contribution in [3.63, 3.8) is 0 Å². The molecule has 1 saturated heterocycles. The molecule has 0 unspecified atom stereocenters. The van der Waals surface area contributed by atoms with Crippen LogP contribution in [0.1, 0.15) is 30.1 Å². The Bertz CT molecular complexity index is 821. The van der Waals surface area contributed by atoms with Crippen LogP contribution in [0.5, 0.6) is 0 Å². The van der Waals surface area contributed by atoms with E-state index in [1.807, 2.05) is 6.92 Å². The first kappa shape index (κ1) is 14.9.